The second kappa shape index (κ2) is 4.91. The van der Waals surface area contributed by atoms with Crippen LogP contribution in [0, 0.1) is 11.3 Å². The van der Waals surface area contributed by atoms with E-state index in [1.54, 1.807) is 5.57 Å². The van der Waals surface area contributed by atoms with E-state index >= 15 is 0 Å². The second-order valence-corrected chi connectivity index (χ2v) is 6.64. The Hall–Kier alpha value is -0.300. The minimum absolute atomic E-state index is 0.307. The molecule has 2 aliphatic carbocycles. The Bertz CT molecular complexity index is 257. The molecule has 2 aliphatic rings. The zero-order valence-electron chi connectivity index (χ0n) is 11.0. The fraction of sp³-hybridized carbons (Fsp3) is 0.867. The minimum Gasteiger partial charge on any atom is -0.324 e. The molecule has 1 fully saturated rings. The van der Waals surface area contributed by atoms with Gasteiger partial charge in [-0.25, -0.2) is 0 Å². The summed E-state index contributed by atoms with van der Waals surface area (Å²) in [6.07, 6.45) is 13.4. The van der Waals surface area contributed by atoms with Gasteiger partial charge in [0.25, 0.3) is 0 Å². The number of allylic oxidation sites excluding steroid dienone is 1. The van der Waals surface area contributed by atoms with Crippen LogP contribution in [-0.4, -0.2) is 6.04 Å². The van der Waals surface area contributed by atoms with Crippen molar-refractivity contribution < 1.29 is 0 Å². The summed E-state index contributed by atoms with van der Waals surface area (Å²) in [4.78, 5) is 0. The predicted octanol–water partition coefficient (Wildman–Crippen LogP) is 4.03. The number of hydrogen-bond acceptors (Lipinski definition) is 1. The fourth-order valence-electron chi connectivity index (χ4n) is 3.59. The van der Waals surface area contributed by atoms with E-state index in [9.17, 15) is 0 Å². The van der Waals surface area contributed by atoms with E-state index in [0.29, 0.717) is 11.5 Å². The second-order valence-electron chi connectivity index (χ2n) is 6.64. The molecule has 2 rings (SSSR count). The average molecular weight is 221 g/mol. The summed E-state index contributed by atoms with van der Waals surface area (Å²) in [5.41, 5.74) is 8.28. The van der Waals surface area contributed by atoms with Gasteiger partial charge in [0, 0.05) is 6.04 Å². The van der Waals surface area contributed by atoms with Crippen molar-refractivity contribution in [1.82, 2.24) is 0 Å². The molecule has 16 heavy (non-hydrogen) atoms. The number of hydrogen-bond donors (Lipinski definition) is 1. The van der Waals surface area contributed by atoms with E-state index in [4.69, 9.17) is 5.73 Å². The fourth-order valence-corrected chi connectivity index (χ4v) is 3.59. The molecule has 0 amide bonds. The highest BCUT2D eigenvalue weighted by molar-refractivity contribution is 5.17. The molecule has 1 unspecified atom stereocenters. The first-order valence-electron chi connectivity index (χ1n) is 7.03. The van der Waals surface area contributed by atoms with Gasteiger partial charge in [0.15, 0.2) is 0 Å². The first-order chi connectivity index (χ1) is 7.57. The van der Waals surface area contributed by atoms with Crippen LogP contribution in [0.25, 0.3) is 0 Å². The Kier molecular flexibility index (Phi) is 3.73. The molecule has 0 aromatic heterocycles. The monoisotopic (exact) mass is 221 g/mol. The molecule has 0 spiro atoms. The predicted molar refractivity (Wildman–Crippen MR) is 70.3 cm³/mol. The molecule has 2 N–H and O–H groups in total. The molecule has 0 saturated heterocycles. The van der Waals surface area contributed by atoms with Gasteiger partial charge in [0.1, 0.15) is 0 Å². The van der Waals surface area contributed by atoms with Crippen molar-refractivity contribution >= 4 is 0 Å². The van der Waals surface area contributed by atoms with Crippen molar-refractivity contribution in [2.45, 2.75) is 71.3 Å². The highest BCUT2D eigenvalue weighted by Crippen LogP contribution is 2.41. The molecular weight excluding hydrogens is 194 g/mol. The van der Waals surface area contributed by atoms with E-state index in [-0.39, 0.29) is 0 Å². The Morgan fingerprint density at radius 1 is 1.12 bits per heavy atom. The molecule has 92 valence electrons. The van der Waals surface area contributed by atoms with Crippen LogP contribution in [0.3, 0.4) is 0 Å². The maximum atomic E-state index is 6.17. The van der Waals surface area contributed by atoms with E-state index in [0.717, 1.165) is 12.3 Å². The summed E-state index contributed by atoms with van der Waals surface area (Å²) in [7, 11) is 0. The lowest BCUT2D eigenvalue weighted by Gasteiger charge is -2.36. The molecule has 1 heteroatoms. The van der Waals surface area contributed by atoms with E-state index in [1.807, 2.05) is 0 Å². The van der Waals surface area contributed by atoms with Crippen LogP contribution in [0.5, 0.6) is 0 Å². The van der Waals surface area contributed by atoms with Gasteiger partial charge in [-0.05, 0) is 37.0 Å². The summed E-state index contributed by atoms with van der Waals surface area (Å²) in [5.74, 6) is 0.855. The van der Waals surface area contributed by atoms with Crippen LogP contribution in [0.15, 0.2) is 11.6 Å². The maximum absolute atomic E-state index is 6.17. The van der Waals surface area contributed by atoms with Crippen LogP contribution < -0.4 is 5.73 Å². The molecule has 0 bridgehead atoms. The zero-order chi connectivity index (χ0) is 11.6. The summed E-state index contributed by atoms with van der Waals surface area (Å²) in [6.45, 7) is 4.74. The third-order valence-electron chi connectivity index (χ3n) is 4.28. The summed E-state index contributed by atoms with van der Waals surface area (Å²) in [5, 5.41) is 0. The average Bonchev–Trinajstić information content (AvgIpc) is 2.42. The van der Waals surface area contributed by atoms with Crippen LogP contribution in [0.1, 0.15) is 65.2 Å². The summed E-state index contributed by atoms with van der Waals surface area (Å²) >= 11 is 0. The maximum Gasteiger partial charge on any atom is 0.0231 e. The number of rotatable bonds is 1. The molecule has 1 atom stereocenters. The smallest absolute Gasteiger partial charge is 0.0231 e. The van der Waals surface area contributed by atoms with E-state index in [2.05, 4.69) is 19.9 Å². The van der Waals surface area contributed by atoms with Gasteiger partial charge in [-0.15, -0.1) is 0 Å². The van der Waals surface area contributed by atoms with Crippen LogP contribution in [0.4, 0.5) is 0 Å². The van der Waals surface area contributed by atoms with Gasteiger partial charge < -0.3 is 5.73 Å². The van der Waals surface area contributed by atoms with E-state index < -0.39 is 0 Å². The lowest BCUT2D eigenvalue weighted by molar-refractivity contribution is 0.282. The standard InChI is InChI=1S/C15H27N/c1-15(2)10-13(9-14(16)11-15)12-7-5-3-4-6-8-12/h9,12,14H,3-8,10-11,16H2,1-2H3. The van der Waals surface area contributed by atoms with Gasteiger partial charge in [0.2, 0.25) is 0 Å². The van der Waals surface area contributed by atoms with Gasteiger partial charge in [0.05, 0.1) is 0 Å². The lowest BCUT2D eigenvalue weighted by atomic mass is 9.71. The highest BCUT2D eigenvalue weighted by atomic mass is 14.6. The van der Waals surface area contributed by atoms with Crippen molar-refractivity contribution in [1.29, 1.82) is 0 Å². The highest BCUT2D eigenvalue weighted by Gasteiger charge is 2.30. The third-order valence-corrected chi connectivity index (χ3v) is 4.28. The van der Waals surface area contributed by atoms with Gasteiger partial charge >= 0.3 is 0 Å². The number of nitrogens with two attached hydrogens (primary N) is 1. The first-order valence-corrected chi connectivity index (χ1v) is 7.03. The summed E-state index contributed by atoms with van der Waals surface area (Å²) < 4.78 is 0. The topological polar surface area (TPSA) is 26.0 Å². The van der Waals surface area contributed by atoms with Crippen molar-refractivity contribution in [2.75, 3.05) is 0 Å². The van der Waals surface area contributed by atoms with Gasteiger partial charge in [-0.3, -0.25) is 0 Å². The van der Waals surface area contributed by atoms with Crippen LogP contribution in [-0.2, 0) is 0 Å². The van der Waals surface area contributed by atoms with Gasteiger partial charge in [-0.1, -0.05) is 51.2 Å². The molecule has 0 heterocycles. The van der Waals surface area contributed by atoms with Crippen molar-refractivity contribution in [3.8, 4) is 0 Å². The molecule has 0 aliphatic heterocycles. The Balaban J connectivity index is 2.06. The molecular formula is C15H27N. The molecule has 0 radical (unpaired) electrons. The van der Waals surface area contributed by atoms with Crippen molar-refractivity contribution in [3.05, 3.63) is 11.6 Å². The quantitative estimate of drug-likeness (QED) is 0.525. The van der Waals surface area contributed by atoms with Crippen molar-refractivity contribution in [3.63, 3.8) is 0 Å². The molecule has 0 aromatic carbocycles. The van der Waals surface area contributed by atoms with Crippen LogP contribution in [0.2, 0.25) is 0 Å². The third kappa shape index (κ3) is 3.10. The SMILES string of the molecule is CC1(C)CC(C2CCCCCC2)=CC(N)C1. The van der Waals surface area contributed by atoms with Gasteiger partial charge in [-0.2, -0.15) is 0 Å². The molecule has 1 saturated carbocycles. The lowest BCUT2D eigenvalue weighted by Crippen LogP contribution is -2.32. The molecule has 0 aromatic rings. The van der Waals surface area contributed by atoms with Crippen LogP contribution >= 0.6 is 0 Å². The summed E-state index contributed by atoms with van der Waals surface area (Å²) in [6, 6.07) is 0.307. The Morgan fingerprint density at radius 3 is 2.31 bits per heavy atom. The zero-order valence-corrected chi connectivity index (χ0v) is 11.0. The Labute approximate surface area is 100 Å². The normalized spacial score (nSPS) is 31.9. The minimum atomic E-state index is 0.307. The Morgan fingerprint density at radius 2 is 1.75 bits per heavy atom. The first kappa shape index (κ1) is 12.2. The van der Waals surface area contributed by atoms with E-state index in [1.165, 1.54) is 44.9 Å². The van der Waals surface area contributed by atoms with Crippen molar-refractivity contribution in [2.24, 2.45) is 17.1 Å². The largest absolute Gasteiger partial charge is 0.324 e. The molecule has 1 nitrogen and oxygen atoms in total.